The van der Waals surface area contributed by atoms with Crippen molar-refractivity contribution in [3.05, 3.63) is 65.7 Å². The fourth-order valence-corrected chi connectivity index (χ4v) is 3.38. The van der Waals surface area contributed by atoms with E-state index < -0.39 is 12.1 Å². The third-order valence-electron chi connectivity index (χ3n) is 4.48. The summed E-state index contributed by atoms with van der Waals surface area (Å²) in [6.45, 7) is 0.813. The van der Waals surface area contributed by atoms with Crippen LogP contribution in [0.4, 0.5) is 4.79 Å². The Kier molecular flexibility index (Phi) is 6.23. The van der Waals surface area contributed by atoms with Crippen LogP contribution in [0.15, 0.2) is 54.6 Å². The number of nitrogens with two attached hydrogens (primary N) is 1. The van der Waals surface area contributed by atoms with Gasteiger partial charge >= 0.3 is 6.09 Å². The van der Waals surface area contributed by atoms with E-state index in [0.717, 1.165) is 16.0 Å². The average Bonchev–Trinajstić information content (AvgIpc) is 3.08. The Morgan fingerprint density at radius 3 is 2.64 bits per heavy atom. The molecule has 28 heavy (non-hydrogen) atoms. The van der Waals surface area contributed by atoms with E-state index in [9.17, 15) is 14.7 Å². The van der Waals surface area contributed by atoms with Gasteiger partial charge in [0.1, 0.15) is 23.4 Å². The van der Waals surface area contributed by atoms with Crippen molar-refractivity contribution >= 4 is 29.1 Å². The summed E-state index contributed by atoms with van der Waals surface area (Å²) in [5, 5.41) is 10.5. The highest BCUT2D eigenvalue weighted by molar-refractivity contribution is 7.80. The Bertz CT molecular complexity index is 875. The standard InChI is InChI=1S/C20H21N3O4S/c21-23(19(28)18-17(24)9-10-22(18)20(25)26)12-15-7-4-8-16(11-15)27-13-14-5-2-1-3-6-14/h1-8,11,18H,9-10,12-13,21H2,(H,25,26). The van der Waals surface area contributed by atoms with Gasteiger partial charge in [-0.05, 0) is 23.3 Å². The van der Waals surface area contributed by atoms with Gasteiger partial charge in [0.15, 0.2) is 5.78 Å². The molecule has 2 aromatic carbocycles. The van der Waals surface area contributed by atoms with E-state index in [4.69, 9.17) is 22.8 Å². The number of rotatable bonds is 6. The molecule has 1 heterocycles. The highest BCUT2D eigenvalue weighted by Gasteiger charge is 2.40. The average molecular weight is 399 g/mol. The fourth-order valence-electron chi connectivity index (χ4n) is 3.05. The van der Waals surface area contributed by atoms with Crippen molar-refractivity contribution in [2.75, 3.05) is 6.54 Å². The van der Waals surface area contributed by atoms with Crippen LogP contribution in [-0.4, -0.2) is 44.5 Å². The lowest BCUT2D eigenvalue weighted by atomic mass is 10.1. The third kappa shape index (κ3) is 4.65. The maximum Gasteiger partial charge on any atom is 0.408 e. The molecule has 7 nitrogen and oxygen atoms in total. The number of amides is 1. The van der Waals surface area contributed by atoms with E-state index >= 15 is 0 Å². The minimum Gasteiger partial charge on any atom is -0.489 e. The number of carboxylic acid groups (broad SMARTS) is 1. The van der Waals surface area contributed by atoms with E-state index in [0.29, 0.717) is 12.4 Å². The molecule has 0 bridgehead atoms. The van der Waals surface area contributed by atoms with Crippen LogP contribution in [0.2, 0.25) is 0 Å². The second-order valence-corrected chi connectivity index (χ2v) is 6.90. The second-order valence-electron chi connectivity index (χ2n) is 6.48. The number of carbonyl (C=O) groups is 2. The summed E-state index contributed by atoms with van der Waals surface area (Å²) in [6, 6.07) is 16.2. The minimum absolute atomic E-state index is 0.0977. The molecule has 1 unspecified atom stereocenters. The number of likely N-dealkylation sites (tertiary alicyclic amines) is 1. The largest absolute Gasteiger partial charge is 0.489 e. The van der Waals surface area contributed by atoms with E-state index in [-0.39, 0.29) is 30.3 Å². The molecule has 0 aliphatic carbocycles. The number of carbonyl (C=O) groups excluding carboxylic acids is 1. The molecule has 1 saturated heterocycles. The first-order chi connectivity index (χ1) is 13.5. The van der Waals surface area contributed by atoms with Crippen molar-refractivity contribution in [2.45, 2.75) is 25.6 Å². The highest BCUT2D eigenvalue weighted by Crippen LogP contribution is 2.20. The zero-order chi connectivity index (χ0) is 20.1. The van der Waals surface area contributed by atoms with E-state index in [2.05, 4.69) is 0 Å². The summed E-state index contributed by atoms with van der Waals surface area (Å²) in [5.74, 6) is 6.50. The number of ether oxygens (including phenoxy) is 1. The van der Waals surface area contributed by atoms with Crippen molar-refractivity contribution in [2.24, 2.45) is 5.84 Å². The van der Waals surface area contributed by atoms with Crippen LogP contribution in [0.25, 0.3) is 0 Å². The SMILES string of the molecule is NN(Cc1cccc(OCc2ccccc2)c1)C(=S)C1C(=O)CCN1C(=O)O. The van der Waals surface area contributed by atoms with Crippen LogP contribution >= 0.6 is 12.2 Å². The summed E-state index contributed by atoms with van der Waals surface area (Å²) in [6.07, 6.45) is -1.03. The van der Waals surface area contributed by atoms with Gasteiger partial charge in [-0.25, -0.2) is 10.6 Å². The number of thiocarbonyl (C=S) groups is 1. The van der Waals surface area contributed by atoms with Gasteiger partial charge in [-0.2, -0.15) is 0 Å². The molecule has 0 radical (unpaired) electrons. The predicted molar refractivity (Wildman–Crippen MR) is 108 cm³/mol. The van der Waals surface area contributed by atoms with Crippen LogP contribution in [0.3, 0.4) is 0 Å². The molecular weight excluding hydrogens is 378 g/mol. The van der Waals surface area contributed by atoms with E-state index in [1.165, 1.54) is 5.01 Å². The molecule has 1 aliphatic rings. The van der Waals surface area contributed by atoms with Crippen molar-refractivity contribution in [3.63, 3.8) is 0 Å². The normalized spacial score (nSPS) is 16.1. The molecule has 0 spiro atoms. The fraction of sp³-hybridized carbons (Fsp3) is 0.250. The zero-order valence-electron chi connectivity index (χ0n) is 15.2. The van der Waals surface area contributed by atoms with Gasteiger partial charge in [0.2, 0.25) is 0 Å². The Morgan fingerprint density at radius 2 is 1.93 bits per heavy atom. The van der Waals surface area contributed by atoms with Crippen molar-refractivity contribution in [1.29, 1.82) is 0 Å². The number of hydrogen-bond donors (Lipinski definition) is 2. The first-order valence-electron chi connectivity index (χ1n) is 8.79. The van der Waals surface area contributed by atoms with E-state index in [1.807, 2.05) is 54.6 Å². The Balaban J connectivity index is 1.63. The number of Topliss-reactive ketones (excluding diaryl/α,β-unsaturated/α-hetero) is 1. The van der Waals surface area contributed by atoms with Gasteiger partial charge < -0.3 is 9.84 Å². The smallest absolute Gasteiger partial charge is 0.408 e. The van der Waals surface area contributed by atoms with Gasteiger partial charge in [0, 0.05) is 13.0 Å². The van der Waals surface area contributed by atoms with Crippen LogP contribution in [0.5, 0.6) is 5.75 Å². The lowest BCUT2D eigenvalue weighted by molar-refractivity contribution is -0.118. The molecule has 8 heteroatoms. The van der Waals surface area contributed by atoms with Gasteiger partial charge in [-0.15, -0.1) is 0 Å². The number of nitrogens with zero attached hydrogens (tertiary/aromatic N) is 2. The maximum atomic E-state index is 12.1. The van der Waals surface area contributed by atoms with Crippen molar-refractivity contribution in [3.8, 4) is 5.75 Å². The summed E-state index contributed by atoms with van der Waals surface area (Å²) >= 11 is 5.30. The second kappa shape index (κ2) is 8.81. The third-order valence-corrected chi connectivity index (χ3v) is 4.94. The Morgan fingerprint density at radius 1 is 1.21 bits per heavy atom. The molecule has 0 saturated carbocycles. The van der Waals surface area contributed by atoms with Crippen LogP contribution in [0, 0.1) is 0 Å². The van der Waals surface area contributed by atoms with Crippen molar-refractivity contribution < 1.29 is 19.4 Å². The van der Waals surface area contributed by atoms with Gasteiger partial charge in [-0.1, -0.05) is 54.7 Å². The summed E-state index contributed by atoms with van der Waals surface area (Å²) in [5.41, 5.74) is 1.89. The number of hydrazine groups is 1. The van der Waals surface area contributed by atoms with Crippen LogP contribution in [0.1, 0.15) is 17.5 Å². The van der Waals surface area contributed by atoms with E-state index in [1.54, 1.807) is 0 Å². The van der Waals surface area contributed by atoms with Crippen LogP contribution in [-0.2, 0) is 17.9 Å². The molecule has 1 fully saturated rings. The Labute approximate surface area is 168 Å². The summed E-state index contributed by atoms with van der Waals surface area (Å²) < 4.78 is 5.81. The number of ketones is 1. The monoisotopic (exact) mass is 399 g/mol. The highest BCUT2D eigenvalue weighted by atomic mass is 32.1. The molecular formula is C20H21N3O4S. The minimum atomic E-state index is -1.18. The predicted octanol–water partition coefficient (Wildman–Crippen LogP) is 2.59. The molecule has 1 amide bonds. The quantitative estimate of drug-likeness (QED) is 0.438. The van der Waals surface area contributed by atoms with Crippen molar-refractivity contribution in [1.82, 2.24) is 9.91 Å². The maximum absolute atomic E-state index is 12.1. The summed E-state index contributed by atoms with van der Waals surface area (Å²) in [4.78, 5) is 24.5. The molecule has 2 aromatic rings. The number of hydrogen-bond acceptors (Lipinski definition) is 5. The first-order valence-corrected chi connectivity index (χ1v) is 9.20. The first kappa shape index (κ1) is 19.8. The zero-order valence-corrected chi connectivity index (χ0v) is 16.0. The molecule has 1 atom stereocenters. The van der Waals surface area contributed by atoms with Crippen LogP contribution < -0.4 is 10.6 Å². The number of benzene rings is 2. The molecule has 1 aliphatic heterocycles. The van der Waals surface area contributed by atoms with Gasteiger partial charge in [0.25, 0.3) is 0 Å². The lowest BCUT2D eigenvalue weighted by Gasteiger charge is -2.27. The molecule has 3 N–H and O–H groups in total. The molecule has 0 aromatic heterocycles. The lowest BCUT2D eigenvalue weighted by Crippen LogP contribution is -2.51. The topological polar surface area (TPSA) is 96.1 Å². The molecule has 146 valence electrons. The van der Waals surface area contributed by atoms with Gasteiger partial charge in [0.05, 0.1) is 6.54 Å². The summed E-state index contributed by atoms with van der Waals surface area (Å²) in [7, 11) is 0. The van der Waals surface area contributed by atoms with Gasteiger partial charge in [-0.3, -0.25) is 14.7 Å². The Hall–Kier alpha value is -2.97. The molecule has 3 rings (SSSR count).